The molecule has 2 aliphatic rings. The van der Waals surface area contributed by atoms with E-state index < -0.39 is 16.1 Å². The van der Waals surface area contributed by atoms with Crippen molar-refractivity contribution in [3.05, 3.63) is 35.4 Å². The first-order chi connectivity index (χ1) is 12.6. The monoisotopic (exact) mass is 419 g/mol. The number of carbonyl (C=O) groups excluding carboxylic acids is 1. The molecule has 1 aromatic carbocycles. The number of benzene rings is 1. The van der Waals surface area contributed by atoms with Crippen LogP contribution in [-0.4, -0.2) is 70.7 Å². The van der Waals surface area contributed by atoms with Crippen molar-refractivity contribution in [2.24, 2.45) is 0 Å². The molecule has 1 unspecified atom stereocenters. The molecule has 0 aromatic heterocycles. The number of halogens is 1. The molecule has 27 heavy (non-hydrogen) atoms. The lowest BCUT2D eigenvalue weighted by Gasteiger charge is -2.26. The Hall–Kier alpha value is -1.23. The molecule has 2 N–H and O–H groups in total. The summed E-state index contributed by atoms with van der Waals surface area (Å²) in [5.41, 5.74) is 1.49. The van der Waals surface area contributed by atoms with Crippen molar-refractivity contribution in [1.82, 2.24) is 14.9 Å². The number of nitrogens with zero attached hydrogens (tertiary/aromatic N) is 1. The highest BCUT2D eigenvalue weighted by atomic mass is 35.5. The van der Waals surface area contributed by atoms with Crippen LogP contribution in [0.3, 0.4) is 0 Å². The summed E-state index contributed by atoms with van der Waals surface area (Å²) in [4.78, 5) is 12.2. The Kier molecular flexibility index (Phi) is 8.46. The summed E-state index contributed by atoms with van der Waals surface area (Å²) >= 11 is 0. The Morgan fingerprint density at radius 3 is 2.56 bits per heavy atom. The summed E-state index contributed by atoms with van der Waals surface area (Å²) in [6.45, 7) is 3.62. The fourth-order valence-electron chi connectivity index (χ4n) is 3.01. The molecule has 1 amide bonds. The van der Waals surface area contributed by atoms with Gasteiger partial charge in [0.15, 0.2) is 0 Å². The molecule has 0 saturated carbocycles. The average molecular weight is 420 g/mol. The summed E-state index contributed by atoms with van der Waals surface area (Å²) < 4.78 is 37.4. The van der Waals surface area contributed by atoms with Crippen molar-refractivity contribution in [2.75, 3.05) is 46.0 Å². The van der Waals surface area contributed by atoms with Crippen LogP contribution in [0.1, 0.15) is 11.1 Å². The molecule has 0 bridgehead atoms. The number of carbonyl (C=O) groups is 1. The predicted octanol–water partition coefficient (Wildman–Crippen LogP) is -0.125. The first-order valence-electron chi connectivity index (χ1n) is 8.78. The summed E-state index contributed by atoms with van der Waals surface area (Å²) in [5.74, 6) is -0.274. The highest BCUT2D eigenvalue weighted by Crippen LogP contribution is 2.16. The zero-order valence-electron chi connectivity index (χ0n) is 15.1. The smallest absolute Gasteiger partial charge is 0.250 e. The maximum Gasteiger partial charge on any atom is 0.250 e. The lowest BCUT2D eigenvalue weighted by Crippen LogP contribution is -2.47. The van der Waals surface area contributed by atoms with Crippen LogP contribution in [0.2, 0.25) is 0 Å². The van der Waals surface area contributed by atoms with Crippen molar-refractivity contribution < 1.29 is 22.7 Å². The maximum absolute atomic E-state index is 12.6. The number of morpholine rings is 2. The van der Waals surface area contributed by atoms with Gasteiger partial charge in [-0.25, -0.2) is 8.42 Å². The number of hydrogen-bond acceptors (Lipinski definition) is 6. The highest BCUT2D eigenvalue weighted by Gasteiger charge is 2.26. The highest BCUT2D eigenvalue weighted by molar-refractivity contribution is 7.88. The quantitative estimate of drug-likeness (QED) is 0.667. The van der Waals surface area contributed by atoms with Crippen LogP contribution >= 0.6 is 12.4 Å². The molecule has 0 aliphatic carbocycles. The first kappa shape index (κ1) is 22.1. The van der Waals surface area contributed by atoms with Crippen molar-refractivity contribution in [1.29, 1.82) is 0 Å². The van der Waals surface area contributed by atoms with E-state index in [0.717, 1.165) is 12.1 Å². The second kappa shape index (κ2) is 10.4. The van der Waals surface area contributed by atoms with Gasteiger partial charge < -0.3 is 20.1 Å². The third kappa shape index (κ3) is 6.13. The Balaban J connectivity index is 0.00000261. The van der Waals surface area contributed by atoms with Gasteiger partial charge in [-0.1, -0.05) is 24.3 Å². The molecule has 0 radical (unpaired) electrons. The van der Waals surface area contributed by atoms with E-state index in [1.54, 1.807) is 6.07 Å². The van der Waals surface area contributed by atoms with Gasteiger partial charge in [0.2, 0.25) is 10.0 Å². The third-order valence-electron chi connectivity index (χ3n) is 4.49. The van der Waals surface area contributed by atoms with Gasteiger partial charge >= 0.3 is 0 Å². The lowest BCUT2D eigenvalue weighted by molar-refractivity contribution is -0.134. The molecule has 1 aromatic rings. The second-order valence-electron chi connectivity index (χ2n) is 6.32. The van der Waals surface area contributed by atoms with Gasteiger partial charge in [0.25, 0.3) is 5.91 Å². The van der Waals surface area contributed by atoms with Gasteiger partial charge in [0.05, 0.1) is 25.6 Å². The average Bonchev–Trinajstić information content (AvgIpc) is 2.68. The molecule has 152 valence electrons. The van der Waals surface area contributed by atoms with E-state index in [4.69, 9.17) is 9.47 Å². The van der Waals surface area contributed by atoms with Crippen molar-refractivity contribution in [3.63, 3.8) is 0 Å². The molecule has 1 atom stereocenters. The SMILES string of the molecule is Cl.O=C(NCc1ccccc1CS(=O)(=O)N1CCOCC1)C1CNCCO1. The van der Waals surface area contributed by atoms with E-state index >= 15 is 0 Å². The number of hydrogen-bond donors (Lipinski definition) is 2. The molecule has 2 fully saturated rings. The first-order valence-corrected chi connectivity index (χ1v) is 10.4. The van der Waals surface area contributed by atoms with Crippen molar-refractivity contribution in [3.8, 4) is 0 Å². The summed E-state index contributed by atoms with van der Waals surface area (Å²) in [5, 5.41) is 5.95. The van der Waals surface area contributed by atoms with E-state index in [2.05, 4.69) is 10.6 Å². The van der Waals surface area contributed by atoms with Crippen molar-refractivity contribution in [2.45, 2.75) is 18.4 Å². The van der Waals surface area contributed by atoms with Crippen LogP contribution in [-0.2, 0) is 36.6 Å². The van der Waals surface area contributed by atoms with Crippen LogP contribution in [0.5, 0.6) is 0 Å². The number of sulfonamides is 1. The molecular weight excluding hydrogens is 394 g/mol. The fraction of sp³-hybridized carbons (Fsp3) is 0.588. The van der Waals surface area contributed by atoms with E-state index in [-0.39, 0.29) is 30.6 Å². The van der Waals surface area contributed by atoms with E-state index in [0.29, 0.717) is 45.0 Å². The number of ether oxygens (including phenoxy) is 2. The normalized spacial score (nSPS) is 21.3. The lowest BCUT2D eigenvalue weighted by atomic mass is 10.1. The minimum Gasteiger partial charge on any atom is -0.379 e. The van der Waals surface area contributed by atoms with Gasteiger partial charge in [-0.15, -0.1) is 12.4 Å². The van der Waals surface area contributed by atoms with E-state index in [1.807, 2.05) is 18.2 Å². The summed E-state index contributed by atoms with van der Waals surface area (Å²) in [6, 6.07) is 7.28. The number of rotatable bonds is 6. The number of amides is 1. The van der Waals surface area contributed by atoms with Crippen LogP contribution in [0, 0.1) is 0 Å². The standard InChI is InChI=1S/C17H25N3O5S.ClH/c21-17(16-12-18-5-8-25-16)19-11-14-3-1-2-4-15(14)13-26(22,23)20-6-9-24-10-7-20;/h1-4,16,18H,5-13H2,(H,19,21);1H. The van der Waals surface area contributed by atoms with Crippen LogP contribution < -0.4 is 10.6 Å². The molecule has 2 aliphatic heterocycles. The van der Waals surface area contributed by atoms with Crippen LogP contribution in [0.25, 0.3) is 0 Å². The van der Waals surface area contributed by atoms with Crippen molar-refractivity contribution >= 4 is 28.3 Å². The molecule has 0 spiro atoms. The van der Waals surface area contributed by atoms with Crippen LogP contribution in [0.4, 0.5) is 0 Å². The van der Waals surface area contributed by atoms with Gasteiger partial charge in [-0.2, -0.15) is 4.31 Å². The Labute approximate surface area is 166 Å². The summed E-state index contributed by atoms with van der Waals surface area (Å²) in [6.07, 6.45) is -0.506. The van der Waals surface area contributed by atoms with Gasteiger partial charge in [-0.3, -0.25) is 4.79 Å². The van der Waals surface area contributed by atoms with Gasteiger partial charge in [0.1, 0.15) is 6.10 Å². The largest absolute Gasteiger partial charge is 0.379 e. The fourth-order valence-corrected chi connectivity index (χ4v) is 4.58. The van der Waals surface area contributed by atoms with Gasteiger partial charge in [-0.05, 0) is 11.1 Å². The Bertz CT molecular complexity index is 719. The van der Waals surface area contributed by atoms with Crippen LogP contribution in [0.15, 0.2) is 24.3 Å². The second-order valence-corrected chi connectivity index (χ2v) is 8.29. The zero-order valence-corrected chi connectivity index (χ0v) is 16.7. The minimum absolute atomic E-state index is 0. The Morgan fingerprint density at radius 1 is 1.19 bits per heavy atom. The molecular formula is C17H26ClN3O5S. The Morgan fingerprint density at radius 2 is 1.89 bits per heavy atom. The molecule has 8 nitrogen and oxygen atoms in total. The zero-order chi connectivity index (χ0) is 18.4. The molecule has 2 saturated heterocycles. The van der Waals surface area contributed by atoms with E-state index in [9.17, 15) is 13.2 Å². The summed E-state index contributed by atoms with van der Waals surface area (Å²) in [7, 11) is -3.41. The molecule has 2 heterocycles. The van der Waals surface area contributed by atoms with E-state index in [1.165, 1.54) is 4.31 Å². The number of nitrogens with one attached hydrogen (secondary N) is 2. The molecule has 3 rings (SSSR count). The van der Waals surface area contributed by atoms with Gasteiger partial charge in [0, 0.05) is 32.7 Å². The topological polar surface area (TPSA) is 97.0 Å². The minimum atomic E-state index is -3.41. The maximum atomic E-state index is 12.6. The predicted molar refractivity (Wildman–Crippen MR) is 103 cm³/mol. The third-order valence-corrected chi connectivity index (χ3v) is 6.32. The molecule has 10 heteroatoms.